The van der Waals surface area contributed by atoms with Crippen LogP contribution in [0, 0.1) is 0 Å². The summed E-state index contributed by atoms with van der Waals surface area (Å²) >= 11 is 5.48. The molecule has 1 unspecified atom stereocenters. The van der Waals surface area contributed by atoms with Crippen LogP contribution in [0.5, 0.6) is 17.2 Å². The lowest BCUT2D eigenvalue weighted by Gasteiger charge is -2.18. The van der Waals surface area contributed by atoms with Gasteiger partial charge in [-0.3, -0.25) is 4.79 Å². The molecular formula is C25H27ClN2O6. The first-order valence-electron chi connectivity index (χ1n) is 10.4. The highest BCUT2D eigenvalue weighted by Crippen LogP contribution is 2.27. The molecule has 0 aliphatic carbocycles. The van der Waals surface area contributed by atoms with Crippen LogP contribution in [0.2, 0.25) is 5.02 Å². The number of aromatic nitrogens is 1. The number of nitrogens with one attached hydrogen (secondary N) is 1. The average Bonchev–Trinajstić information content (AvgIpc) is 2.80. The molecule has 34 heavy (non-hydrogen) atoms. The Morgan fingerprint density at radius 1 is 1.06 bits per heavy atom. The van der Waals surface area contributed by atoms with Crippen LogP contribution in [0.4, 0.5) is 0 Å². The quantitative estimate of drug-likeness (QED) is 0.429. The molecule has 0 fully saturated rings. The summed E-state index contributed by atoms with van der Waals surface area (Å²) in [6.07, 6.45) is 1.57. The van der Waals surface area contributed by atoms with Gasteiger partial charge in [0, 0.05) is 23.7 Å². The second kappa shape index (κ2) is 13.1. The van der Waals surface area contributed by atoms with Crippen LogP contribution in [0.1, 0.15) is 29.9 Å². The van der Waals surface area contributed by atoms with Crippen molar-refractivity contribution in [3.05, 3.63) is 83.1 Å². The topological polar surface area (TPSA) is 118 Å². The number of pyridine rings is 1. The fourth-order valence-corrected chi connectivity index (χ4v) is 3.04. The van der Waals surface area contributed by atoms with Crippen LogP contribution >= 0.6 is 11.6 Å². The van der Waals surface area contributed by atoms with Crippen molar-refractivity contribution < 1.29 is 29.3 Å². The average molecular weight is 487 g/mol. The van der Waals surface area contributed by atoms with Crippen molar-refractivity contribution in [1.82, 2.24) is 10.3 Å². The highest BCUT2D eigenvalue weighted by Gasteiger charge is 2.23. The highest BCUT2D eigenvalue weighted by atomic mass is 35.5. The van der Waals surface area contributed by atoms with E-state index in [1.807, 2.05) is 30.3 Å². The van der Waals surface area contributed by atoms with E-state index in [2.05, 4.69) is 10.3 Å². The largest absolute Gasteiger partial charge is 0.508 e. The van der Waals surface area contributed by atoms with Gasteiger partial charge < -0.3 is 25.0 Å². The zero-order chi connectivity index (χ0) is 25.1. The smallest absolute Gasteiger partial charge is 0.328 e. The third-order valence-electron chi connectivity index (χ3n) is 4.51. The number of benzene rings is 2. The Hall–Kier alpha value is -3.78. The molecule has 2 atom stereocenters. The Labute approximate surface area is 203 Å². The second-order valence-electron chi connectivity index (χ2n) is 7.32. The monoisotopic (exact) mass is 486 g/mol. The number of methoxy groups -OCH3 is 1. The Kier molecular flexibility index (Phi) is 10.2. The molecule has 180 valence electrons. The number of halogens is 1. The number of phenols is 1. The minimum atomic E-state index is -0.895. The number of aromatic hydroxyl groups is 2. The number of phenolic OH excluding ortho intramolecular Hbond substituents is 1. The maximum absolute atomic E-state index is 12.2. The molecule has 0 bridgehead atoms. The molecular weight excluding hydrogens is 460 g/mol. The van der Waals surface area contributed by atoms with Crippen molar-refractivity contribution in [1.29, 1.82) is 0 Å². The van der Waals surface area contributed by atoms with Gasteiger partial charge in [0.2, 0.25) is 0 Å². The van der Waals surface area contributed by atoms with Crippen LogP contribution in [0.3, 0.4) is 0 Å². The summed E-state index contributed by atoms with van der Waals surface area (Å²) in [7, 11) is 1.37. The van der Waals surface area contributed by atoms with Crippen LogP contribution < -0.4 is 10.1 Å². The molecule has 8 nitrogen and oxygen atoms in total. The molecule has 0 saturated carbocycles. The Morgan fingerprint density at radius 2 is 1.76 bits per heavy atom. The fraction of sp³-hybridized carbons (Fsp3) is 0.240. The van der Waals surface area contributed by atoms with Crippen LogP contribution in [-0.2, 0) is 16.0 Å². The third-order valence-corrected chi connectivity index (χ3v) is 4.75. The molecule has 0 radical (unpaired) electrons. The molecule has 1 aromatic heterocycles. The number of amides is 1. The number of nitrogens with zero attached hydrogens (tertiary/aromatic N) is 1. The normalized spacial score (nSPS) is 11.9. The minimum absolute atomic E-state index is 0.122. The number of rotatable bonds is 7. The first-order chi connectivity index (χ1) is 16.2. The number of carbonyl (C=O) groups excluding carboxylic acids is 2. The van der Waals surface area contributed by atoms with Gasteiger partial charge in [0.15, 0.2) is 17.2 Å². The first-order valence-corrected chi connectivity index (χ1v) is 10.8. The van der Waals surface area contributed by atoms with E-state index in [0.29, 0.717) is 11.4 Å². The number of carbonyl (C=O) groups is 2. The maximum Gasteiger partial charge on any atom is 0.328 e. The van der Waals surface area contributed by atoms with Crippen molar-refractivity contribution in [2.45, 2.75) is 32.4 Å². The Balaban J connectivity index is 0.000000430. The summed E-state index contributed by atoms with van der Waals surface area (Å²) in [6, 6.07) is 16.6. The van der Waals surface area contributed by atoms with Gasteiger partial charge in [0.1, 0.15) is 17.9 Å². The Bertz CT molecular complexity index is 1080. The molecule has 3 N–H and O–H groups in total. The summed E-state index contributed by atoms with van der Waals surface area (Å²) in [5.41, 5.74) is 0.830. The van der Waals surface area contributed by atoms with Crippen molar-refractivity contribution in [3.8, 4) is 17.2 Å². The van der Waals surface area contributed by atoms with Gasteiger partial charge >= 0.3 is 5.97 Å². The van der Waals surface area contributed by atoms with Gasteiger partial charge in [-0.2, -0.15) is 0 Å². The molecule has 1 heterocycles. The molecule has 3 rings (SSSR count). The predicted molar refractivity (Wildman–Crippen MR) is 128 cm³/mol. The fourth-order valence-electron chi connectivity index (χ4n) is 2.86. The van der Waals surface area contributed by atoms with Gasteiger partial charge in [-0.05, 0) is 37.6 Å². The number of hydrogen-bond acceptors (Lipinski definition) is 7. The first kappa shape index (κ1) is 26.5. The second-order valence-corrected chi connectivity index (χ2v) is 7.76. The maximum atomic E-state index is 12.2. The van der Waals surface area contributed by atoms with Crippen molar-refractivity contribution in [2.24, 2.45) is 0 Å². The van der Waals surface area contributed by atoms with Gasteiger partial charge in [-0.25, -0.2) is 9.78 Å². The summed E-state index contributed by atoms with van der Waals surface area (Å²) in [5.74, 6) is -1.31. The van der Waals surface area contributed by atoms with Crippen LogP contribution in [0.15, 0.2) is 66.9 Å². The van der Waals surface area contributed by atoms with E-state index < -0.39 is 17.9 Å². The third kappa shape index (κ3) is 8.29. The molecule has 3 aromatic rings. The van der Waals surface area contributed by atoms with Gasteiger partial charge in [-0.15, -0.1) is 0 Å². The standard InChI is InChI=1S/C19H22N2O5.C6H5ClO/c1-12(11-14-7-5-4-6-8-14)26-19(24)13(2)21-18(23)16-17(22)15(25-3)9-10-20-16;7-5-2-1-3-6(8)4-5/h4-10,12-13,22H,11H2,1-3H3,(H,21,23);1-4,8H/t12?,13-;/m0./s1. The number of ether oxygens (including phenoxy) is 2. The minimum Gasteiger partial charge on any atom is -0.508 e. The summed E-state index contributed by atoms with van der Waals surface area (Å²) in [6.45, 7) is 3.29. The van der Waals surface area contributed by atoms with E-state index in [0.717, 1.165) is 5.56 Å². The van der Waals surface area contributed by atoms with E-state index in [-0.39, 0.29) is 29.0 Å². The highest BCUT2D eigenvalue weighted by molar-refractivity contribution is 6.30. The van der Waals surface area contributed by atoms with E-state index >= 15 is 0 Å². The van der Waals surface area contributed by atoms with Gasteiger partial charge in [-0.1, -0.05) is 48.0 Å². The van der Waals surface area contributed by atoms with Crippen molar-refractivity contribution in [3.63, 3.8) is 0 Å². The molecule has 0 spiro atoms. The summed E-state index contributed by atoms with van der Waals surface area (Å²) in [5, 5.41) is 21.7. The lowest BCUT2D eigenvalue weighted by atomic mass is 10.1. The molecule has 2 aromatic carbocycles. The van der Waals surface area contributed by atoms with E-state index in [9.17, 15) is 14.7 Å². The zero-order valence-electron chi connectivity index (χ0n) is 19.1. The lowest BCUT2D eigenvalue weighted by molar-refractivity contribution is -0.150. The van der Waals surface area contributed by atoms with Crippen LogP contribution in [-0.4, -0.2) is 46.3 Å². The van der Waals surface area contributed by atoms with E-state index in [1.165, 1.54) is 32.4 Å². The SMILES string of the molecule is COc1ccnc(C(=O)N[C@@H](C)C(=O)OC(C)Cc2ccccc2)c1O.Oc1cccc(Cl)c1. The molecule has 0 aliphatic rings. The molecule has 0 aliphatic heterocycles. The van der Waals surface area contributed by atoms with Crippen molar-refractivity contribution in [2.75, 3.05) is 7.11 Å². The summed E-state index contributed by atoms with van der Waals surface area (Å²) in [4.78, 5) is 28.2. The van der Waals surface area contributed by atoms with Crippen LogP contribution in [0.25, 0.3) is 0 Å². The lowest BCUT2D eigenvalue weighted by Crippen LogP contribution is -2.41. The van der Waals surface area contributed by atoms with Crippen molar-refractivity contribution >= 4 is 23.5 Å². The molecule has 1 amide bonds. The number of esters is 1. The molecule has 0 saturated heterocycles. The van der Waals surface area contributed by atoms with E-state index in [1.54, 1.807) is 25.1 Å². The van der Waals surface area contributed by atoms with E-state index in [4.69, 9.17) is 26.2 Å². The predicted octanol–water partition coefficient (Wildman–Crippen LogP) is 4.13. The Morgan fingerprint density at radius 3 is 2.35 bits per heavy atom. The zero-order valence-corrected chi connectivity index (χ0v) is 19.8. The van der Waals surface area contributed by atoms with Gasteiger partial charge in [0.25, 0.3) is 5.91 Å². The number of hydrogen-bond donors (Lipinski definition) is 3. The molecule has 9 heteroatoms. The van der Waals surface area contributed by atoms with Gasteiger partial charge in [0.05, 0.1) is 7.11 Å². The summed E-state index contributed by atoms with van der Waals surface area (Å²) < 4.78 is 10.3.